The van der Waals surface area contributed by atoms with Gasteiger partial charge in [0.15, 0.2) is 0 Å². The minimum atomic E-state index is -0.257. The second kappa shape index (κ2) is 7.09. The van der Waals surface area contributed by atoms with E-state index in [1.165, 1.54) is 12.1 Å². The Balaban J connectivity index is 2.04. The lowest BCUT2D eigenvalue weighted by atomic mass is 10.2. The molecule has 0 aliphatic carbocycles. The van der Waals surface area contributed by atoms with Gasteiger partial charge in [-0.05, 0) is 34.1 Å². The molecule has 0 saturated heterocycles. The van der Waals surface area contributed by atoms with Gasteiger partial charge >= 0.3 is 0 Å². The van der Waals surface area contributed by atoms with Gasteiger partial charge < -0.3 is 10.1 Å². The molecule has 1 heterocycles. The summed E-state index contributed by atoms with van der Waals surface area (Å²) in [5, 5.41) is 6.22. The van der Waals surface area contributed by atoms with Crippen molar-refractivity contribution >= 4 is 27.3 Å². The predicted octanol–water partition coefficient (Wildman–Crippen LogP) is 3.45. The van der Waals surface area contributed by atoms with Gasteiger partial charge in [0.05, 0.1) is 12.3 Å². The summed E-state index contributed by atoms with van der Waals surface area (Å²) in [6.07, 6.45) is 0. The summed E-state index contributed by atoms with van der Waals surface area (Å²) in [7, 11) is 1.68. The highest BCUT2D eigenvalue weighted by Gasteiger charge is 2.08. The maximum Gasteiger partial charge on any atom is 0.124 e. The van der Waals surface area contributed by atoms with Crippen molar-refractivity contribution in [1.82, 2.24) is 10.3 Å². The Morgan fingerprint density at radius 1 is 1.47 bits per heavy atom. The summed E-state index contributed by atoms with van der Waals surface area (Å²) in [6.45, 7) is 2.19. The molecular formula is C13H14BrFN2OS. The molecule has 6 heteroatoms. The SMILES string of the molecule is COCCNCc1nc(-c2ccc(F)cc2Br)cs1. The van der Waals surface area contributed by atoms with E-state index in [-0.39, 0.29) is 5.82 Å². The lowest BCUT2D eigenvalue weighted by Gasteiger charge is -2.02. The molecule has 19 heavy (non-hydrogen) atoms. The van der Waals surface area contributed by atoms with Gasteiger partial charge in [-0.25, -0.2) is 9.37 Å². The van der Waals surface area contributed by atoms with Gasteiger partial charge in [-0.1, -0.05) is 0 Å². The average molecular weight is 345 g/mol. The third kappa shape index (κ3) is 4.07. The van der Waals surface area contributed by atoms with E-state index in [0.717, 1.165) is 27.3 Å². The predicted molar refractivity (Wildman–Crippen MR) is 78.8 cm³/mol. The van der Waals surface area contributed by atoms with E-state index in [0.29, 0.717) is 13.2 Å². The lowest BCUT2D eigenvalue weighted by Crippen LogP contribution is -2.18. The molecule has 0 unspecified atom stereocenters. The highest BCUT2D eigenvalue weighted by molar-refractivity contribution is 9.10. The average Bonchev–Trinajstić information content (AvgIpc) is 2.83. The van der Waals surface area contributed by atoms with Crippen molar-refractivity contribution in [1.29, 1.82) is 0 Å². The quantitative estimate of drug-likeness (QED) is 0.815. The monoisotopic (exact) mass is 344 g/mol. The van der Waals surface area contributed by atoms with Crippen LogP contribution in [0, 0.1) is 5.82 Å². The fourth-order valence-electron chi connectivity index (χ4n) is 1.58. The standard InChI is InChI=1S/C13H14BrFN2OS/c1-18-5-4-16-7-13-17-12(8-19-13)10-3-2-9(15)6-11(10)14/h2-3,6,8,16H,4-5,7H2,1H3. The molecule has 3 nitrogen and oxygen atoms in total. The first-order chi connectivity index (χ1) is 9.20. The molecule has 0 radical (unpaired) electrons. The van der Waals surface area contributed by atoms with Gasteiger partial charge in [0.25, 0.3) is 0 Å². The van der Waals surface area contributed by atoms with Crippen LogP contribution in [-0.2, 0) is 11.3 Å². The summed E-state index contributed by atoms with van der Waals surface area (Å²) in [6, 6.07) is 4.62. The second-order valence-electron chi connectivity index (χ2n) is 3.92. The van der Waals surface area contributed by atoms with E-state index in [1.54, 1.807) is 24.5 Å². The maximum atomic E-state index is 13.0. The first kappa shape index (κ1) is 14.6. The van der Waals surface area contributed by atoms with E-state index in [4.69, 9.17) is 4.74 Å². The summed E-state index contributed by atoms with van der Waals surface area (Å²) in [5.41, 5.74) is 1.77. The van der Waals surface area contributed by atoms with Crippen molar-refractivity contribution in [2.75, 3.05) is 20.3 Å². The molecule has 102 valence electrons. The lowest BCUT2D eigenvalue weighted by molar-refractivity contribution is 0.199. The van der Waals surface area contributed by atoms with Crippen LogP contribution in [0.15, 0.2) is 28.1 Å². The van der Waals surface area contributed by atoms with E-state index >= 15 is 0 Å². The molecule has 0 spiro atoms. The number of nitrogens with zero attached hydrogens (tertiary/aromatic N) is 1. The first-order valence-electron chi connectivity index (χ1n) is 5.80. The molecular weight excluding hydrogens is 331 g/mol. The molecule has 1 aromatic heterocycles. The number of nitrogens with one attached hydrogen (secondary N) is 1. The Kier molecular flexibility index (Phi) is 5.45. The molecule has 0 aliphatic heterocycles. The molecule has 2 aromatic rings. The fraction of sp³-hybridized carbons (Fsp3) is 0.308. The normalized spacial score (nSPS) is 10.9. The van der Waals surface area contributed by atoms with E-state index in [1.807, 2.05) is 5.38 Å². The van der Waals surface area contributed by atoms with Gasteiger partial charge in [-0.15, -0.1) is 11.3 Å². The van der Waals surface area contributed by atoms with Gasteiger partial charge in [0.2, 0.25) is 0 Å². The topological polar surface area (TPSA) is 34.1 Å². The van der Waals surface area contributed by atoms with Crippen LogP contribution >= 0.6 is 27.3 Å². The molecule has 0 bridgehead atoms. The molecule has 2 rings (SSSR count). The summed E-state index contributed by atoms with van der Waals surface area (Å²) < 4.78 is 18.7. The van der Waals surface area contributed by atoms with Crippen molar-refractivity contribution < 1.29 is 9.13 Å². The van der Waals surface area contributed by atoms with Gasteiger partial charge in [0.1, 0.15) is 10.8 Å². The van der Waals surface area contributed by atoms with Crippen LogP contribution in [0.3, 0.4) is 0 Å². The van der Waals surface area contributed by atoms with Gasteiger partial charge in [0, 0.05) is 35.6 Å². The summed E-state index contributed by atoms with van der Waals surface area (Å²) in [5.74, 6) is -0.257. The number of ether oxygens (including phenoxy) is 1. The zero-order valence-electron chi connectivity index (χ0n) is 10.5. The number of aromatic nitrogens is 1. The minimum Gasteiger partial charge on any atom is -0.383 e. The highest BCUT2D eigenvalue weighted by Crippen LogP contribution is 2.29. The number of thiazole rings is 1. The number of rotatable bonds is 6. The van der Waals surface area contributed by atoms with E-state index < -0.39 is 0 Å². The van der Waals surface area contributed by atoms with E-state index in [2.05, 4.69) is 26.2 Å². The van der Waals surface area contributed by atoms with Gasteiger partial charge in [-0.3, -0.25) is 0 Å². The number of halogens is 2. The molecule has 0 amide bonds. The largest absolute Gasteiger partial charge is 0.383 e. The van der Waals surface area contributed by atoms with Crippen molar-refractivity contribution in [3.8, 4) is 11.3 Å². The maximum absolute atomic E-state index is 13.0. The summed E-state index contributed by atoms with van der Waals surface area (Å²) >= 11 is 4.95. The molecule has 1 aromatic carbocycles. The Labute approximate surface area is 124 Å². The number of hydrogen-bond donors (Lipinski definition) is 1. The molecule has 0 atom stereocenters. The van der Waals surface area contributed by atoms with Crippen molar-refractivity contribution in [2.24, 2.45) is 0 Å². The molecule has 0 saturated carbocycles. The van der Waals surface area contributed by atoms with E-state index in [9.17, 15) is 4.39 Å². The molecule has 1 N–H and O–H groups in total. The Morgan fingerprint density at radius 3 is 3.05 bits per heavy atom. The Morgan fingerprint density at radius 2 is 2.32 bits per heavy atom. The van der Waals surface area contributed by atoms with Crippen LogP contribution in [0.1, 0.15) is 5.01 Å². The Hall–Kier alpha value is -0.820. The third-order valence-corrected chi connectivity index (χ3v) is 4.02. The number of methoxy groups -OCH3 is 1. The molecule has 0 aliphatic rings. The van der Waals surface area contributed by atoms with Crippen molar-refractivity contribution in [3.63, 3.8) is 0 Å². The van der Waals surface area contributed by atoms with Crippen LogP contribution in [0.4, 0.5) is 4.39 Å². The zero-order chi connectivity index (χ0) is 13.7. The van der Waals surface area contributed by atoms with Crippen LogP contribution in [0.2, 0.25) is 0 Å². The van der Waals surface area contributed by atoms with Crippen molar-refractivity contribution in [2.45, 2.75) is 6.54 Å². The van der Waals surface area contributed by atoms with Crippen LogP contribution in [0.5, 0.6) is 0 Å². The molecule has 0 fully saturated rings. The number of benzene rings is 1. The van der Waals surface area contributed by atoms with Crippen molar-refractivity contribution in [3.05, 3.63) is 38.9 Å². The minimum absolute atomic E-state index is 0.257. The Bertz CT molecular complexity index is 547. The highest BCUT2D eigenvalue weighted by atomic mass is 79.9. The van der Waals surface area contributed by atoms with Crippen LogP contribution in [0.25, 0.3) is 11.3 Å². The van der Waals surface area contributed by atoms with Crippen LogP contribution in [-0.4, -0.2) is 25.2 Å². The van der Waals surface area contributed by atoms with Gasteiger partial charge in [-0.2, -0.15) is 0 Å². The summed E-state index contributed by atoms with van der Waals surface area (Å²) in [4.78, 5) is 4.53. The van der Waals surface area contributed by atoms with Crippen LogP contribution < -0.4 is 5.32 Å². The number of hydrogen-bond acceptors (Lipinski definition) is 4. The zero-order valence-corrected chi connectivity index (χ0v) is 12.9. The smallest absolute Gasteiger partial charge is 0.124 e. The second-order valence-corrected chi connectivity index (χ2v) is 5.72. The third-order valence-electron chi connectivity index (χ3n) is 2.52. The first-order valence-corrected chi connectivity index (χ1v) is 7.47. The fourth-order valence-corrected chi connectivity index (χ4v) is 2.90.